The monoisotopic (exact) mass is 388 g/mol. The first-order chi connectivity index (χ1) is 14.0. The van der Waals surface area contributed by atoms with Crippen molar-refractivity contribution in [3.05, 3.63) is 71.2 Å². The van der Waals surface area contributed by atoms with Crippen molar-refractivity contribution in [3.8, 4) is 0 Å². The van der Waals surface area contributed by atoms with Gasteiger partial charge in [0.25, 0.3) is 5.91 Å². The van der Waals surface area contributed by atoms with Crippen molar-refractivity contribution in [1.82, 2.24) is 19.7 Å². The van der Waals surface area contributed by atoms with Gasteiger partial charge in [0.1, 0.15) is 0 Å². The lowest BCUT2D eigenvalue weighted by atomic mass is 9.93. The lowest BCUT2D eigenvalue weighted by Crippen LogP contribution is -2.35. The van der Waals surface area contributed by atoms with Crippen LogP contribution in [-0.2, 0) is 13.6 Å². The van der Waals surface area contributed by atoms with E-state index in [1.165, 1.54) is 0 Å². The summed E-state index contributed by atoms with van der Waals surface area (Å²) in [6.07, 6.45) is 9.49. The first-order valence-corrected chi connectivity index (χ1v) is 10.3. The summed E-state index contributed by atoms with van der Waals surface area (Å²) < 4.78 is 1.90. The molecule has 1 atom stereocenters. The molecule has 2 heterocycles. The predicted octanol–water partition coefficient (Wildman–Crippen LogP) is 4.58. The summed E-state index contributed by atoms with van der Waals surface area (Å²) in [7, 11) is 1.96. The molecule has 29 heavy (non-hydrogen) atoms. The Labute approximate surface area is 172 Å². The van der Waals surface area contributed by atoms with Gasteiger partial charge in [0.05, 0.1) is 16.8 Å². The van der Waals surface area contributed by atoms with Gasteiger partial charge in [-0.1, -0.05) is 30.4 Å². The molecule has 0 spiro atoms. The minimum Gasteiger partial charge on any atom is -0.334 e. The van der Waals surface area contributed by atoms with Crippen LogP contribution in [0.15, 0.2) is 48.7 Å². The van der Waals surface area contributed by atoms with Crippen molar-refractivity contribution in [2.24, 2.45) is 13.0 Å². The molecule has 4 rings (SSSR count). The van der Waals surface area contributed by atoms with E-state index < -0.39 is 0 Å². The van der Waals surface area contributed by atoms with E-state index in [0.717, 1.165) is 53.7 Å². The Morgan fingerprint density at radius 1 is 1.21 bits per heavy atom. The molecule has 3 aromatic rings. The fourth-order valence-corrected chi connectivity index (χ4v) is 4.24. The van der Waals surface area contributed by atoms with E-state index in [2.05, 4.69) is 29.2 Å². The number of hydrogen-bond donors (Lipinski definition) is 0. The molecule has 0 bridgehead atoms. The van der Waals surface area contributed by atoms with E-state index in [9.17, 15) is 4.79 Å². The summed E-state index contributed by atoms with van der Waals surface area (Å²) in [6.45, 7) is 5.42. The summed E-state index contributed by atoms with van der Waals surface area (Å²) in [5.74, 6) is 0.538. The average molecular weight is 389 g/mol. The molecule has 2 aromatic heterocycles. The zero-order chi connectivity index (χ0) is 20.4. The number of allylic oxidation sites excluding steroid dienone is 2. The highest BCUT2D eigenvalue weighted by Crippen LogP contribution is 2.25. The van der Waals surface area contributed by atoms with Gasteiger partial charge in [-0.15, -0.1) is 0 Å². The maximum absolute atomic E-state index is 13.7. The van der Waals surface area contributed by atoms with Crippen LogP contribution in [0.4, 0.5) is 0 Å². The number of aromatic nitrogens is 3. The first-order valence-electron chi connectivity index (χ1n) is 10.3. The second kappa shape index (κ2) is 8.19. The summed E-state index contributed by atoms with van der Waals surface area (Å²) in [6, 6.07) is 9.76. The lowest BCUT2D eigenvalue weighted by Gasteiger charge is -2.29. The fourth-order valence-electron chi connectivity index (χ4n) is 4.24. The van der Waals surface area contributed by atoms with Gasteiger partial charge in [0, 0.05) is 43.0 Å². The van der Waals surface area contributed by atoms with Crippen LogP contribution in [0.5, 0.6) is 0 Å². The molecule has 150 valence electrons. The molecule has 1 amide bonds. The van der Waals surface area contributed by atoms with E-state index in [0.29, 0.717) is 18.0 Å². The van der Waals surface area contributed by atoms with Crippen LogP contribution < -0.4 is 0 Å². The number of hydrogen-bond acceptors (Lipinski definition) is 3. The number of fused-ring (bicyclic) bond motifs is 1. The summed E-state index contributed by atoms with van der Waals surface area (Å²) >= 11 is 0. The number of nitrogens with zero attached hydrogens (tertiary/aromatic N) is 4. The zero-order valence-electron chi connectivity index (χ0n) is 17.4. The van der Waals surface area contributed by atoms with Crippen LogP contribution in [0, 0.1) is 19.8 Å². The molecule has 0 aliphatic heterocycles. The summed E-state index contributed by atoms with van der Waals surface area (Å²) in [5, 5.41) is 5.54. The lowest BCUT2D eigenvalue weighted by molar-refractivity contribution is 0.0711. The zero-order valence-corrected chi connectivity index (χ0v) is 17.4. The standard InChI is InChI=1S/C24H28N4O/c1-17-22(18(2)27(3)26-17)16-28(15-19-9-5-4-6-10-19)24(29)21-13-7-11-20-12-8-14-25-23(20)21/h4-5,7-8,11-14,19H,6,9-10,15-16H2,1-3H3/t19-/m1/s1. The van der Waals surface area contributed by atoms with Crippen LogP contribution in [0.25, 0.3) is 10.9 Å². The second-order valence-corrected chi connectivity index (χ2v) is 7.99. The van der Waals surface area contributed by atoms with Crippen molar-refractivity contribution < 1.29 is 4.79 Å². The van der Waals surface area contributed by atoms with Crippen LogP contribution in [0.3, 0.4) is 0 Å². The SMILES string of the molecule is Cc1nn(C)c(C)c1CN(C[C@@H]1CC=CCC1)C(=O)c1cccc2cccnc12. The minimum atomic E-state index is 0.0477. The number of amides is 1. The van der Waals surface area contributed by atoms with Gasteiger partial charge in [-0.25, -0.2) is 0 Å². The Hall–Kier alpha value is -2.95. The van der Waals surface area contributed by atoms with Gasteiger partial charge in [0.2, 0.25) is 0 Å². The van der Waals surface area contributed by atoms with Crippen molar-refractivity contribution in [3.63, 3.8) is 0 Å². The smallest absolute Gasteiger partial charge is 0.256 e. The molecule has 5 heteroatoms. The number of carbonyl (C=O) groups excluding carboxylic acids is 1. The van der Waals surface area contributed by atoms with E-state index in [1.54, 1.807) is 6.20 Å². The highest BCUT2D eigenvalue weighted by atomic mass is 16.2. The Morgan fingerprint density at radius 2 is 2.03 bits per heavy atom. The van der Waals surface area contributed by atoms with Crippen molar-refractivity contribution in [2.45, 2.75) is 39.7 Å². The number of aryl methyl sites for hydroxylation is 2. The van der Waals surface area contributed by atoms with Crippen LogP contribution in [-0.4, -0.2) is 32.1 Å². The Bertz CT molecular complexity index is 1060. The van der Waals surface area contributed by atoms with E-state index in [4.69, 9.17) is 0 Å². The quantitative estimate of drug-likeness (QED) is 0.601. The normalized spacial score (nSPS) is 16.3. The molecule has 0 fully saturated rings. The molecule has 0 saturated heterocycles. The summed E-state index contributed by atoms with van der Waals surface area (Å²) in [5.41, 5.74) is 4.68. The third-order valence-electron chi connectivity index (χ3n) is 6.01. The van der Waals surface area contributed by atoms with Crippen LogP contribution in [0.2, 0.25) is 0 Å². The topological polar surface area (TPSA) is 51.0 Å². The second-order valence-electron chi connectivity index (χ2n) is 7.99. The molecule has 0 N–H and O–H groups in total. The Balaban J connectivity index is 1.70. The Morgan fingerprint density at radius 3 is 2.76 bits per heavy atom. The van der Waals surface area contributed by atoms with Gasteiger partial charge >= 0.3 is 0 Å². The van der Waals surface area contributed by atoms with Crippen LogP contribution in [0.1, 0.15) is 46.6 Å². The predicted molar refractivity (Wildman–Crippen MR) is 116 cm³/mol. The van der Waals surface area contributed by atoms with Crippen LogP contribution >= 0.6 is 0 Å². The summed E-state index contributed by atoms with van der Waals surface area (Å²) in [4.78, 5) is 20.2. The molecular weight excluding hydrogens is 360 g/mol. The van der Waals surface area contributed by atoms with Gasteiger partial charge in [-0.05, 0) is 51.2 Å². The molecule has 0 saturated carbocycles. The molecule has 0 unspecified atom stereocenters. The minimum absolute atomic E-state index is 0.0477. The molecular formula is C24H28N4O. The molecule has 1 aromatic carbocycles. The third-order valence-corrected chi connectivity index (χ3v) is 6.01. The van der Waals surface area contributed by atoms with E-state index in [-0.39, 0.29) is 5.91 Å². The molecule has 1 aliphatic rings. The average Bonchev–Trinajstić information content (AvgIpc) is 2.99. The van der Waals surface area contributed by atoms with Gasteiger partial charge in [0.15, 0.2) is 0 Å². The van der Waals surface area contributed by atoms with E-state index in [1.807, 2.05) is 53.9 Å². The molecule has 0 radical (unpaired) electrons. The maximum atomic E-state index is 13.7. The van der Waals surface area contributed by atoms with Gasteiger partial charge < -0.3 is 4.90 Å². The number of carbonyl (C=O) groups is 1. The van der Waals surface area contributed by atoms with Gasteiger partial charge in [-0.3, -0.25) is 14.5 Å². The maximum Gasteiger partial charge on any atom is 0.256 e. The van der Waals surface area contributed by atoms with Crippen molar-refractivity contribution >= 4 is 16.8 Å². The number of pyridine rings is 1. The Kier molecular flexibility index (Phi) is 5.47. The highest BCUT2D eigenvalue weighted by Gasteiger charge is 2.25. The largest absolute Gasteiger partial charge is 0.334 e. The fraction of sp³-hybridized carbons (Fsp3) is 0.375. The van der Waals surface area contributed by atoms with Crippen molar-refractivity contribution in [1.29, 1.82) is 0 Å². The van der Waals surface area contributed by atoms with Crippen molar-refractivity contribution in [2.75, 3.05) is 6.54 Å². The molecule has 1 aliphatic carbocycles. The van der Waals surface area contributed by atoms with Gasteiger partial charge in [-0.2, -0.15) is 5.10 Å². The molecule has 5 nitrogen and oxygen atoms in total. The number of rotatable bonds is 5. The third kappa shape index (κ3) is 3.95. The number of para-hydroxylation sites is 1. The number of benzene rings is 1. The van der Waals surface area contributed by atoms with E-state index >= 15 is 0 Å². The highest BCUT2D eigenvalue weighted by molar-refractivity contribution is 6.05. The first kappa shape index (κ1) is 19.4.